The average molecular weight is 638 g/mol. The van der Waals surface area contributed by atoms with E-state index in [-0.39, 0.29) is 35.8 Å². The SMILES string of the molecule is Cc1ccc([C@H]2CC(c3cccs3)=NN2C(=O)CSc2nnc(CNC(=O)c3ccccc3)n2-c2ccc([N+](=O)[O-])cc2)cc1. The van der Waals surface area contributed by atoms with Crippen molar-refractivity contribution in [1.82, 2.24) is 25.1 Å². The van der Waals surface area contributed by atoms with Crippen LogP contribution < -0.4 is 5.32 Å². The normalized spacial score (nSPS) is 14.3. The minimum atomic E-state index is -0.475. The molecule has 0 unspecified atom stereocenters. The lowest BCUT2D eigenvalue weighted by Gasteiger charge is -2.22. The van der Waals surface area contributed by atoms with Crippen LogP contribution >= 0.6 is 23.1 Å². The highest BCUT2D eigenvalue weighted by molar-refractivity contribution is 7.99. The number of nitrogens with one attached hydrogen (secondary N) is 1. The Hall–Kier alpha value is -5.14. The standard InChI is InChI=1S/C32H27N7O4S2/c1-21-9-11-22(12-10-21)27-18-26(28-8-5-17-44-28)36-38(27)30(40)20-45-32-35-34-29(19-33-31(41)23-6-3-2-4-7-23)37(32)24-13-15-25(16-14-24)39(42)43/h2-17,27H,18-20H2,1H3,(H,33,41)/t27-/m1/s1. The number of benzene rings is 3. The minimum Gasteiger partial charge on any atom is -0.345 e. The van der Waals surface area contributed by atoms with Gasteiger partial charge in [-0.15, -0.1) is 21.5 Å². The molecule has 0 aliphatic carbocycles. The molecule has 0 fully saturated rings. The third-order valence-corrected chi connectivity index (χ3v) is 9.05. The zero-order valence-electron chi connectivity index (χ0n) is 24.1. The van der Waals surface area contributed by atoms with Crippen LogP contribution in [0.4, 0.5) is 5.69 Å². The Balaban J connectivity index is 1.25. The van der Waals surface area contributed by atoms with E-state index in [1.54, 1.807) is 57.3 Å². The summed E-state index contributed by atoms with van der Waals surface area (Å²) in [6.45, 7) is 2.07. The van der Waals surface area contributed by atoms with Crippen LogP contribution in [-0.4, -0.2) is 48.0 Å². The van der Waals surface area contributed by atoms with E-state index in [0.717, 1.165) is 21.7 Å². The lowest BCUT2D eigenvalue weighted by molar-refractivity contribution is -0.384. The van der Waals surface area contributed by atoms with E-state index in [4.69, 9.17) is 5.10 Å². The van der Waals surface area contributed by atoms with Gasteiger partial charge in [0.1, 0.15) is 0 Å². The van der Waals surface area contributed by atoms with Gasteiger partial charge in [0.2, 0.25) is 0 Å². The summed E-state index contributed by atoms with van der Waals surface area (Å²) in [6.07, 6.45) is 0.601. The quantitative estimate of drug-likeness (QED) is 0.114. The number of carbonyl (C=O) groups excluding carboxylic acids is 2. The maximum Gasteiger partial charge on any atom is 0.269 e. The van der Waals surface area contributed by atoms with E-state index in [0.29, 0.717) is 28.7 Å². The van der Waals surface area contributed by atoms with E-state index >= 15 is 0 Å². The van der Waals surface area contributed by atoms with Crippen molar-refractivity contribution in [2.75, 3.05) is 5.75 Å². The van der Waals surface area contributed by atoms with Crippen molar-refractivity contribution in [2.24, 2.45) is 5.10 Å². The van der Waals surface area contributed by atoms with Crippen LogP contribution in [0.15, 0.2) is 107 Å². The molecule has 1 aliphatic heterocycles. The molecule has 0 bridgehead atoms. The molecule has 0 saturated heterocycles. The number of nitro groups is 1. The van der Waals surface area contributed by atoms with Gasteiger partial charge >= 0.3 is 0 Å². The van der Waals surface area contributed by atoms with Crippen LogP contribution in [-0.2, 0) is 11.3 Å². The smallest absolute Gasteiger partial charge is 0.269 e. The van der Waals surface area contributed by atoms with Crippen molar-refractivity contribution in [3.05, 3.63) is 134 Å². The van der Waals surface area contributed by atoms with Gasteiger partial charge in [-0.1, -0.05) is 65.9 Å². The number of amides is 2. The van der Waals surface area contributed by atoms with Crippen LogP contribution in [0.2, 0.25) is 0 Å². The van der Waals surface area contributed by atoms with Crippen LogP contribution in [0.1, 0.15) is 44.6 Å². The Labute approximate surface area is 266 Å². The Morgan fingerprint density at radius 3 is 2.44 bits per heavy atom. The average Bonchev–Trinajstić information content (AvgIpc) is 3.84. The van der Waals surface area contributed by atoms with E-state index in [2.05, 4.69) is 15.5 Å². The number of nitro benzene ring substituents is 1. The molecular weight excluding hydrogens is 611 g/mol. The Morgan fingerprint density at radius 2 is 1.76 bits per heavy atom. The molecule has 3 aromatic carbocycles. The number of aryl methyl sites for hydroxylation is 1. The monoisotopic (exact) mass is 637 g/mol. The number of hydrogen-bond acceptors (Lipinski definition) is 9. The molecular formula is C32H27N7O4S2. The number of aromatic nitrogens is 3. The first-order chi connectivity index (χ1) is 21.9. The van der Waals surface area contributed by atoms with Crippen LogP contribution in [0.3, 0.4) is 0 Å². The van der Waals surface area contributed by atoms with Gasteiger partial charge < -0.3 is 5.32 Å². The molecule has 2 aromatic heterocycles. The lowest BCUT2D eigenvalue weighted by atomic mass is 10.00. The molecule has 1 atom stereocenters. The number of non-ortho nitro benzene ring substituents is 1. The number of carbonyl (C=O) groups is 2. The lowest BCUT2D eigenvalue weighted by Crippen LogP contribution is -2.28. The molecule has 11 nitrogen and oxygen atoms in total. The second-order valence-corrected chi connectivity index (χ2v) is 12.1. The summed E-state index contributed by atoms with van der Waals surface area (Å²) in [5, 5.41) is 31.4. The maximum absolute atomic E-state index is 13.7. The van der Waals surface area contributed by atoms with Crippen molar-refractivity contribution in [2.45, 2.75) is 31.1 Å². The number of rotatable bonds is 10. The highest BCUT2D eigenvalue weighted by Crippen LogP contribution is 2.35. The number of thiophene rings is 1. The fourth-order valence-electron chi connectivity index (χ4n) is 4.91. The Bertz CT molecular complexity index is 1860. The van der Waals surface area contributed by atoms with Gasteiger partial charge in [0.05, 0.1) is 33.9 Å². The maximum atomic E-state index is 13.7. The van der Waals surface area contributed by atoms with Gasteiger partial charge in [-0.2, -0.15) is 5.10 Å². The van der Waals surface area contributed by atoms with Gasteiger partial charge in [0, 0.05) is 29.8 Å². The summed E-state index contributed by atoms with van der Waals surface area (Å²) < 4.78 is 1.69. The van der Waals surface area contributed by atoms with E-state index in [1.807, 2.05) is 54.8 Å². The molecule has 5 aromatic rings. The fourth-order valence-corrected chi connectivity index (χ4v) is 6.46. The molecule has 3 heterocycles. The summed E-state index contributed by atoms with van der Waals surface area (Å²) in [5.41, 5.74) is 3.98. The van der Waals surface area contributed by atoms with Crippen molar-refractivity contribution in [1.29, 1.82) is 0 Å². The van der Waals surface area contributed by atoms with Crippen molar-refractivity contribution in [3.63, 3.8) is 0 Å². The predicted octanol–water partition coefficient (Wildman–Crippen LogP) is 5.95. The summed E-state index contributed by atoms with van der Waals surface area (Å²) >= 11 is 2.77. The molecule has 1 aliphatic rings. The molecule has 45 heavy (non-hydrogen) atoms. The van der Waals surface area contributed by atoms with Crippen LogP contribution in [0.25, 0.3) is 5.69 Å². The third-order valence-electron chi connectivity index (χ3n) is 7.22. The van der Waals surface area contributed by atoms with Crippen molar-refractivity contribution in [3.8, 4) is 5.69 Å². The summed E-state index contributed by atoms with van der Waals surface area (Å²) in [5.74, 6) is -0.0617. The predicted molar refractivity (Wildman–Crippen MR) is 173 cm³/mol. The largest absolute Gasteiger partial charge is 0.345 e. The first-order valence-corrected chi connectivity index (χ1v) is 15.9. The van der Waals surface area contributed by atoms with Gasteiger partial charge in [0.25, 0.3) is 17.5 Å². The van der Waals surface area contributed by atoms with E-state index in [9.17, 15) is 19.7 Å². The summed E-state index contributed by atoms with van der Waals surface area (Å²) in [6, 6.07) is 26.6. The third kappa shape index (κ3) is 6.69. The second kappa shape index (κ2) is 13.2. The van der Waals surface area contributed by atoms with Gasteiger partial charge in [0.15, 0.2) is 11.0 Å². The van der Waals surface area contributed by atoms with Crippen LogP contribution in [0, 0.1) is 17.0 Å². The number of thioether (sulfide) groups is 1. The topological polar surface area (TPSA) is 136 Å². The highest BCUT2D eigenvalue weighted by Gasteiger charge is 2.33. The molecule has 0 saturated carbocycles. The summed E-state index contributed by atoms with van der Waals surface area (Å²) in [4.78, 5) is 38.3. The number of nitrogens with zero attached hydrogens (tertiary/aromatic N) is 6. The first kappa shape index (κ1) is 29.9. The highest BCUT2D eigenvalue weighted by atomic mass is 32.2. The molecule has 6 rings (SSSR count). The van der Waals surface area contributed by atoms with Crippen LogP contribution in [0.5, 0.6) is 0 Å². The Morgan fingerprint density at radius 1 is 1.00 bits per heavy atom. The van der Waals surface area contributed by atoms with E-state index in [1.165, 1.54) is 23.9 Å². The van der Waals surface area contributed by atoms with Gasteiger partial charge in [-0.25, -0.2) is 5.01 Å². The number of hydrogen-bond donors (Lipinski definition) is 1. The minimum absolute atomic E-state index is 0.0189. The number of hydrazone groups is 1. The Kier molecular flexibility index (Phi) is 8.80. The molecule has 13 heteroatoms. The summed E-state index contributed by atoms with van der Waals surface area (Å²) in [7, 11) is 0. The zero-order valence-corrected chi connectivity index (χ0v) is 25.7. The molecule has 2 amide bonds. The molecule has 0 spiro atoms. The van der Waals surface area contributed by atoms with Crippen molar-refractivity contribution < 1.29 is 14.5 Å². The molecule has 226 valence electrons. The second-order valence-electron chi connectivity index (χ2n) is 10.2. The van der Waals surface area contributed by atoms with Crippen molar-refractivity contribution >= 4 is 46.3 Å². The fraction of sp³-hybridized carbons (Fsp3) is 0.156. The first-order valence-electron chi connectivity index (χ1n) is 14.0. The molecule has 1 N–H and O–H groups in total. The van der Waals surface area contributed by atoms with E-state index < -0.39 is 4.92 Å². The molecule has 0 radical (unpaired) electrons. The zero-order chi connectivity index (χ0) is 31.3. The van der Waals surface area contributed by atoms with Gasteiger partial charge in [-0.05, 0) is 48.2 Å². The van der Waals surface area contributed by atoms with Gasteiger partial charge in [-0.3, -0.25) is 24.3 Å².